The highest BCUT2D eigenvalue weighted by atomic mass is 16.5. The van der Waals surface area contributed by atoms with Crippen LogP contribution in [-0.4, -0.2) is 29.4 Å². The molecule has 0 unspecified atom stereocenters. The van der Waals surface area contributed by atoms with Crippen molar-refractivity contribution in [1.29, 1.82) is 0 Å². The Kier molecular flexibility index (Phi) is 4.91. The number of carboxylic acid groups (broad SMARTS) is 1. The number of fused-ring (bicyclic) bond motifs is 6. The summed E-state index contributed by atoms with van der Waals surface area (Å²) >= 11 is 0. The predicted molar refractivity (Wildman–Crippen MR) is 115 cm³/mol. The molecule has 6 nitrogen and oxygen atoms in total. The molecule has 2 atom stereocenters. The van der Waals surface area contributed by atoms with Crippen LogP contribution in [0.15, 0.2) is 29.2 Å². The summed E-state index contributed by atoms with van der Waals surface area (Å²) in [6, 6.07) is 5.53. The first kappa shape index (κ1) is 20.5. The van der Waals surface area contributed by atoms with Gasteiger partial charge in [-0.05, 0) is 41.9 Å². The number of pyridine rings is 1. The summed E-state index contributed by atoms with van der Waals surface area (Å²) in [6.07, 6.45) is 3.54. The molecule has 0 radical (unpaired) electrons. The van der Waals surface area contributed by atoms with E-state index in [9.17, 15) is 14.7 Å². The fourth-order valence-electron chi connectivity index (χ4n) is 5.06. The molecule has 6 heteroatoms. The van der Waals surface area contributed by atoms with Crippen LogP contribution in [0.5, 0.6) is 11.5 Å². The van der Waals surface area contributed by atoms with E-state index in [1.54, 1.807) is 7.11 Å². The van der Waals surface area contributed by atoms with Gasteiger partial charge in [-0.2, -0.15) is 0 Å². The van der Waals surface area contributed by atoms with Crippen molar-refractivity contribution in [2.75, 3.05) is 13.7 Å². The molecule has 0 spiro atoms. The lowest BCUT2D eigenvalue weighted by Gasteiger charge is -2.40. The zero-order valence-electron chi connectivity index (χ0n) is 18.2. The van der Waals surface area contributed by atoms with Gasteiger partial charge in [0.2, 0.25) is 0 Å². The van der Waals surface area contributed by atoms with Gasteiger partial charge < -0.3 is 19.1 Å². The van der Waals surface area contributed by atoms with Crippen molar-refractivity contribution >= 4 is 5.97 Å². The van der Waals surface area contributed by atoms with Gasteiger partial charge in [0.1, 0.15) is 5.56 Å². The number of carbonyl (C=O) groups is 1. The Morgan fingerprint density at radius 1 is 1.27 bits per heavy atom. The van der Waals surface area contributed by atoms with Crippen molar-refractivity contribution in [3.8, 4) is 22.8 Å². The van der Waals surface area contributed by atoms with Crippen LogP contribution < -0.4 is 14.9 Å². The maximum Gasteiger partial charge on any atom is 0.341 e. The van der Waals surface area contributed by atoms with Crippen molar-refractivity contribution < 1.29 is 19.4 Å². The van der Waals surface area contributed by atoms with Crippen LogP contribution in [0.25, 0.3) is 11.3 Å². The molecule has 2 aromatic rings. The van der Waals surface area contributed by atoms with Crippen LogP contribution in [0, 0.1) is 11.3 Å². The second-order valence-corrected chi connectivity index (χ2v) is 9.52. The molecule has 1 fully saturated rings. The topological polar surface area (TPSA) is 77.8 Å². The van der Waals surface area contributed by atoms with Gasteiger partial charge in [0.15, 0.2) is 16.9 Å². The van der Waals surface area contributed by atoms with E-state index in [0.717, 1.165) is 29.7 Å². The summed E-state index contributed by atoms with van der Waals surface area (Å²) in [5.74, 6) is 0.748. The molecule has 0 amide bonds. The van der Waals surface area contributed by atoms with Crippen LogP contribution in [-0.2, 0) is 0 Å². The fraction of sp³-hybridized carbons (Fsp3) is 0.500. The third kappa shape index (κ3) is 3.18. The summed E-state index contributed by atoms with van der Waals surface area (Å²) in [5, 5.41) is 9.51. The highest BCUT2D eigenvalue weighted by Crippen LogP contribution is 2.59. The summed E-state index contributed by atoms with van der Waals surface area (Å²) in [5.41, 5.74) is 2.11. The smallest absolute Gasteiger partial charge is 0.341 e. The molecule has 160 valence electrons. The molecule has 4 rings (SSSR count). The molecule has 2 heterocycles. The van der Waals surface area contributed by atoms with Crippen LogP contribution >= 0.6 is 0 Å². The van der Waals surface area contributed by atoms with Gasteiger partial charge in [0.25, 0.3) is 0 Å². The minimum atomic E-state index is -1.19. The van der Waals surface area contributed by atoms with Crippen molar-refractivity contribution in [3.63, 3.8) is 0 Å². The van der Waals surface area contributed by atoms with E-state index in [2.05, 4.69) is 33.8 Å². The van der Waals surface area contributed by atoms with Crippen LogP contribution in [0.3, 0.4) is 0 Å². The summed E-state index contributed by atoms with van der Waals surface area (Å²) < 4.78 is 13.7. The van der Waals surface area contributed by atoms with E-state index in [-0.39, 0.29) is 22.9 Å². The number of hydrogen-bond acceptors (Lipinski definition) is 4. The molecular weight excluding hydrogens is 382 g/mol. The molecule has 1 aromatic heterocycles. The highest BCUT2D eigenvalue weighted by molar-refractivity contribution is 5.88. The van der Waals surface area contributed by atoms with Gasteiger partial charge in [-0.15, -0.1) is 0 Å². The Balaban J connectivity index is 1.96. The first-order valence-corrected chi connectivity index (χ1v) is 10.5. The number of aromatic carboxylic acids is 1. The van der Waals surface area contributed by atoms with Gasteiger partial charge in [0.05, 0.1) is 19.4 Å². The monoisotopic (exact) mass is 411 g/mol. The van der Waals surface area contributed by atoms with E-state index in [1.165, 1.54) is 12.3 Å². The first-order chi connectivity index (χ1) is 14.1. The lowest BCUT2D eigenvalue weighted by Crippen LogP contribution is -2.32. The van der Waals surface area contributed by atoms with E-state index in [1.807, 2.05) is 10.6 Å². The van der Waals surface area contributed by atoms with Crippen LogP contribution in [0.1, 0.15) is 68.4 Å². The second-order valence-electron chi connectivity index (χ2n) is 9.52. The number of methoxy groups -OCH3 is 1. The van der Waals surface area contributed by atoms with Gasteiger partial charge >= 0.3 is 5.97 Å². The number of aromatic nitrogens is 1. The number of rotatable bonds is 5. The number of carboxylic acids is 1. The average Bonchev–Trinajstić information content (AvgIpc) is 3.00. The standard InChI is InChI=1S/C24H29NO5/c1-13(2)12-30-21-8-15-14-6-7-24(3,4)22(14)25-11-17(23(27)28)19(26)10-18(25)16(15)9-20(21)29-5/h8-11,13-14,22H,6-7,12H2,1-5H3,(H,27,28)/t14-,22+/m1/s1. The second kappa shape index (κ2) is 7.18. The molecule has 1 aromatic carbocycles. The molecule has 0 saturated heterocycles. The van der Waals surface area contributed by atoms with Crippen molar-refractivity contribution in [1.82, 2.24) is 4.57 Å². The minimum absolute atomic E-state index is 0.0270. The van der Waals surface area contributed by atoms with Crippen LogP contribution in [0.2, 0.25) is 0 Å². The molecule has 30 heavy (non-hydrogen) atoms. The lowest BCUT2D eigenvalue weighted by molar-refractivity contribution is 0.0693. The van der Waals surface area contributed by atoms with Crippen molar-refractivity contribution in [2.45, 2.75) is 52.5 Å². The predicted octanol–water partition coefficient (Wildman–Crippen LogP) is 4.72. The first-order valence-electron chi connectivity index (χ1n) is 10.5. The summed E-state index contributed by atoms with van der Waals surface area (Å²) in [7, 11) is 1.61. The van der Waals surface area contributed by atoms with Crippen LogP contribution in [0.4, 0.5) is 0 Å². The quantitative estimate of drug-likeness (QED) is 0.771. The van der Waals surface area contributed by atoms with E-state index >= 15 is 0 Å². The molecule has 1 aliphatic carbocycles. The van der Waals surface area contributed by atoms with E-state index < -0.39 is 11.4 Å². The summed E-state index contributed by atoms with van der Waals surface area (Å²) in [6.45, 7) is 9.22. The van der Waals surface area contributed by atoms with Gasteiger partial charge in [-0.3, -0.25) is 4.79 Å². The number of ether oxygens (including phenoxy) is 2. The zero-order chi connectivity index (χ0) is 21.8. The SMILES string of the molecule is COc1cc2c(cc1OCC(C)C)[C@H]1CCC(C)(C)[C@H]1n1cc(C(=O)O)c(=O)cc1-2. The Labute approximate surface area is 176 Å². The molecule has 2 aliphatic rings. The Bertz CT molecular complexity index is 1070. The lowest BCUT2D eigenvalue weighted by atomic mass is 9.77. The molecule has 1 N–H and O–H groups in total. The number of hydrogen-bond donors (Lipinski definition) is 1. The Hall–Kier alpha value is -2.76. The van der Waals surface area contributed by atoms with E-state index in [4.69, 9.17) is 9.47 Å². The maximum absolute atomic E-state index is 12.5. The molecule has 1 saturated carbocycles. The van der Waals surface area contributed by atoms with Crippen molar-refractivity contribution in [2.24, 2.45) is 11.3 Å². The Morgan fingerprint density at radius 2 is 2.00 bits per heavy atom. The van der Waals surface area contributed by atoms with Gasteiger partial charge in [-0.1, -0.05) is 27.7 Å². The number of benzene rings is 1. The number of nitrogens with zero attached hydrogens (tertiary/aromatic N) is 1. The average molecular weight is 411 g/mol. The third-order valence-electron chi connectivity index (χ3n) is 6.47. The van der Waals surface area contributed by atoms with Gasteiger partial charge in [0, 0.05) is 29.8 Å². The molecule has 0 bridgehead atoms. The van der Waals surface area contributed by atoms with Crippen molar-refractivity contribution in [3.05, 3.63) is 45.7 Å². The minimum Gasteiger partial charge on any atom is -0.493 e. The zero-order valence-corrected chi connectivity index (χ0v) is 18.2. The fourth-order valence-corrected chi connectivity index (χ4v) is 5.06. The van der Waals surface area contributed by atoms with Gasteiger partial charge in [-0.25, -0.2) is 4.79 Å². The normalized spacial score (nSPS) is 21.0. The Morgan fingerprint density at radius 3 is 2.63 bits per heavy atom. The maximum atomic E-state index is 12.5. The molecule has 1 aliphatic heterocycles. The third-order valence-corrected chi connectivity index (χ3v) is 6.47. The highest BCUT2D eigenvalue weighted by Gasteiger charge is 2.47. The summed E-state index contributed by atoms with van der Waals surface area (Å²) in [4.78, 5) is 24.2. The van der Waals surface area contributed by atoms with E-state index in [0.29, 0.717) is 24.0 Å². The molecular formula is C24H29NO5. The largest absolute Gasteiger partial charge is 0.493 e.